The molecule has 0 fully saturated rings. The summed E-state index contributed by atoms with van der Waals surface area (Å²) < 4.78 is 63.7. The molecule has 3 nitrogen and oxygen atoms in total. The molecule has 0 unspecified atom stereocenters. The summed E-state index contributed by atoms with van der Waals surface area (Å²) in [6.45, 7) is -2.39. The van der Waals surface area contributed by atoms with Crippen molar-refractivity contribution < 1.29 is 32.2 Å². The summed E-state index contributed by atoms with van der Waals surface area (Å²) in [5.74, 6) is 0. The van der Waals surface area contributed by atoms with E-state index in [-0.39, 0.29) is 12.1 Å². The standard InChI is InChI=1S/C12H14F5NO2/c13-11(14)6-18(3-4-19)10-2-1-8(7-20)5-9(10)12(15,16)17/h1-2,5,11,19-20H,3-4,6-7H2. The first-order valence-electron chi connectivity index (χ1n) is 5.74. The van der Waals surface area contributed by atoms with Crippen LogP contribution in [0.3, 0.4) is 0 Å². The number of nitrogens with zero attached hydrogens (tertiary/aromatic N) is 1. The van der Waals surface area contributed by atoms with Crippen molar-refractivity contribution in [2.75, 3.05) is 24.6 Å². The summed E-state index contributed by atoms with van der Waals surface area (Å²) in [7, 11) is 0. The number of aliphatic hydroxyl groups is 2. The van der Waals surface area contributed by atoms with Crippen LogP contribution >= 0.6 is 0 Å². The van der Waals surface area contributed by atoms with Gasteiger partial charge >= 0.3 is 6.18 Å². The molecule has 1 aromatic carbocycles. The van der Waals surface area contributed by atoms with Crippen LogP contribution < -0.4 is 4.90 Å². The molecule has 114 valence electrons. The number of halogens is 5. The maximum absolute atomic E-state index is 12.9. The van der Waals surface area contributed by atoms with Gasteiger partial charge in [0.25, 0.3) is 6.43 Å². The average Bonchev–Trinajstić information content (AvgIpc) is 2.36. The largest absolute Gasteiger partial charge is 0.418 e. The van der Waals surface area contributed by atoms with Gasteiger partial charge in [-0.1, -0.05) is 6.07 Å². The Morgan fingerprint density at radius 3 is 2.25 bits per heavy atom. The molecule has 0 amide bonds. The van der Waals surface area contributed by atoms with Gasteiger partial charge in [-0.05, 0) is 17.7 Å². The Morgan fingerprint density at radius 2 is 1.80 bits per heavy atom. The van der Waals surface area contributed by atoms with Gasteiger partial charge in [-0.15, -0.1) is 0 Å². The number of rotatable bonds is 6. The second-order valence-electron chi connectivity index (χ2n) is 4.07. The van der Waals surface area contributed by atoms with Crippen molar-refractivity contribution in [1.82, 2.24) is 0 Å². The SMILES string of the molecule is OCCN(CC(F)F)c1ccc(CO)cc1C(F)(F)F. The molecule has 0 aliphatic rings. The van der Waals surface area contributed by atoms with Gasteiger partial charge in [0, 0.05) is 12.2 Å². The van der Waals surface area contributed by atoms with Crippen LogP contribution in [-0.2, 0) is 12.8 Å². The van der Waals surface area contributed by atoms with E-state index in [1.165, 1.54) is 6.07 Å². The molecule has 0 saturated heterocycles. The van der Waals surface area contributed by atoms with E-state index in [0.717, 1.165) is 11.0 Å². The van der Waals surface area contributed by atoms with Gasteiger partial charge in [0.05, 0.1) is 25.3 Å². The van der Waals surface area contributed by atoms with E-state index in [0.29, 0.717) is 6.07 Å². The van der Waals surface area contributed by atoms with Crippen molar-refractivity contribution in [3.8, 4) is 0 Å². The molecular weight excluding hydrogens is 285 g/mol. The van der Waals surface area contributed by atoms with Gasteiger partial charge in [0.2, 0.25) is 0 Å². The van der Waals surface area contributed by atoms with Crippen molar-refractivity contribution in [3.05, 3.63) is 29.3 Å². The second kappa shape index (κ2) is 6.85. The molecule has 8 heteroatoms. The highest BCUT2D eigenvalue weighted by molar-refractivity contribution is 5.56. The number of alkyl halides is 5. The topological polar surface area (TPSA) is 43.7 Å². The summed E-state index contributed by atoms with van der Waals surface area (Å²) in [5.41, 5.74) is -1.52. The lowest BCUT2D eigenvalue weighted by molar-refractivity contribution is -0.137. The lowest BCUT2D eigenvalue weighted by Crippen LogP contribution is -2.33. The fraction of sp³-hybridized carbons (Fsp3) is 0.500. The zero-order valence-electron chi connectivity index (χ0n) is 10.4. The van der Waals surface area contributed by atoms with E-state index >= 15 is 0 Å². The molecule has 0 aliphatic carbocycles. The Kier molecular flexibility index (Phi) is 5.70. The highest BCUT2D eigenvalue weighted by Crippen LogP contribution is 2.37. The monoisotopic (exact) mass is 299 g/mol. The maximum Gasteiger partial charge on any atom is 0.418 e. The van der Waals surface area contributed by atoms with E-state index in [4.69, 9.17) is 10.2 Å². The quantitative estimate of drug-likeness (QED) is 0.792. The molecule has 0 saturated carbocycles. The van der Waals surface area contributed by atoms with Gasteiger partial charge in [-0.3, -0.25) is 0 Å². The summed E-state index contributed by atoms with van der Waals surface area (Å²) in [4.78, 5) is 0.772. The van der Waals surface area contributed by atoms with Crippen LogP contribution in [0.2, 0.25) is 0 Å². The first kappa shape index (κ1) is 16.6. The Balaban J connectivity index is 3.25. The molecule has 1 rings (SSSR count). The molecule has 1 aromatic rings. The predicted octanol–water partition coefficient (Wildman–Crippen LogP) is 2.26. The predicted molar refractivity (Wildman–Crippen MR) is 62.7 cm³/mol. The van der Waals surface area contributed by atoms with Gasteiger partial charge in [0.1, 0.15) is 0 Å². The van der Waals surface area contributed by atoms with Crippen molar-refractivity contribution in [3.63, 3.8) is 0 Å². The molecule has 0 aliphatic heterocycles. The molecule has 0 bridgehead atoms. The summed E-state index contributed by atoms with van der Waals surface area (Å²) in [6.07, 6.45) is -7.57. The average molecular weight is 299 g/mol. The maximum atomic E-state index is 12.9. The number of hydrogen-bond acceptors (Lipinski definition) is 3. The minimum atomic E-state index is -4.74. The summed E-state index contributed by atoms with van der Waals surface area (Å²) in [5, 5.41) is 17.7. The fourth-order valence-electron chi connectivity index (χ4n) is 1.78. The minimum absolute atomic E-state index is 0.0297. The van der Waals surface area contributed by atoms with Crippen molar-refractivity contribution >= 4 is 5.69 Å². The highest BCUT2D eigenvalue weighted by atomic mass is 19.4. The van der Waals surface area contributed by atoms with Gasteiger partial charge in [-0.2, -0.15) is 13.2 Å². The normalized spacial score (nSPS) is 12.0. The molecule has 0 aromatic heterocycles. The molecule has 0 atom stereocenters. The van der Waals surface area contributed by atoms with Crippen LogP contribution in [0.4, 0.5) is 27.6 Å². The zero-order chi connectivity index (χ0) is 15.3. The molecule has 0 heterocycles. The number of benzene rings is 1. The van der Waals surface area contributed by atoms with E-state index in [1.54, 1.807) is 0 Å². The van der Waals surface area contributed by atoms with Gasteiger partial charge in [-0.25, -0.2) is 8.78 Å². The summed E-state index contributed by atoms with van der Waals surface area (Å²) >= 11 is 0. The van der Waals surface area contributed by atoms with Crippen molar-refractivity contribution in [2.45, 2.75) is 19.2 Å². The highest BCUT2D eigenvalue weighted by Gasteiger charge is 2.35. The first-order chi connectivity index (χ1) is 9.29. The number of anilines is 1. The van der Waals surface area contributed by atoms with Gasteiger partial charge in [0.15, 0.2) is 0 Å². The smallest absolute Gasteiger partial charge is 0.395 e. The Hall–Kier alpha value is -1.41. The molecular formula is C12H14F5NO2. The Bertz CT molecular complexity index is 436. The van der Waals surface area contributed by atoms with Crippen LogP contribution in [0.1, 0.15) is 11.1 Å². The lowest BCUT2D eigenvalue weighted by Gasteiger charge is -2.27. The third kappa shape index (κ3) is 4.31. The van der Waals surface area contributed by atoms with Crippen LogP contribution in [0.15, 0.2) is 18.2 Å². The Morgan fingerprint density at radius 1 is 1.15 bits per heavy atom. The molecule has 2 N–H and O–H groups in total. The minimum Gasteiger partial charge on any atom is -0.395 e. The number of aliphatic hydroxyl groups excluding tert-OH is 2. The van der Waals surface area contributed by atoms with Crippen LogP contribution in [0.5, 0.6) is 0 Å². The lowest BCUT2D eigenvalue weighted by atomic mass is 10.1. The third-order valence-corrected chi connectivity index (χ3v) is 2.62. The van der Waals surface area contributed by atoms with E-state index in [1.807, 2.05) is 0 Å². The molecule has 20 heavy (non-hydrogen) atoms. The second-order valence-corrected chi connectivity index (χ2v) is 4.07. The molecule has 0 spiro atoms. The summed E-state index contributed by atoms with van der Waals surface area (Å²) in [6, 6.07) is 2.96. The fourth-order valence-corrected chi connectivity index (χ4v) is 1.78. The van der Waals surface area contributed by atoms with E-state index < -0.39 is 43.6 Å². The number of hydrogen-bond donors (Lipinski definition) is 2. The van der Waals surface area contributed by atoms with Crippen molar-refractivity contribution in [1.29, 1.82) is 0 Å². The molecule has 0 radical (unpaired) electrons. The van der Waals surface area contributed by atoms with Crippen LogP contribution in [-0.4, -0.2) is 36.3 Å². The van der Waals surface area contributed by atoms with Crippen molar-refractivity contribution in [2.24, 2.45) is 0 Å². The van der Waals surface area contributed by atoms with Crippen LogP contribution in [0, 0.1) is 0 Å². The first-order valence-corrected chi connectivity index (χ1v) is 5.74. The van der Waals surface area contributed by atoms with E-state index in [2.05, 4.69) is 0 Å². The third-order valence-electron chi connectivity index (χ3n) is 2.62. The van der Waals surface area contributed by atoms with E-state index in [9.17, 15) is 22.0 Å². The van der Waals surface area contributed by atoms with Crippen LogP contribution in [0.25, 0.3) is 0 Å². The Labute approximate surface area is 112 Å². The zero-order valence-corrected chi connectivity index (χ0v) is 10.4. The van der Waals surface area contributed by atoms with Gasteiger partial charge < -0.3 is 15.1 Å².